The fourth-order valence-corrected chi connectivity index (χ4v) is 0.425. The molecule has 1 aliphatic heterocycles. The molecule has 0 amide bonds. The molecule has 0 aliphatic carbocycles. The van der Waals surface area contributed by atoms with Gasteiger partial charge in [0.2, 0.25) is 0 Å². The Morgan fingerprint density at radius 2 is 1.73 bits per heavy atom. The monoisotopic (exact) mass is 161 g/mol. The highest BCUT2D eigenvalue weighted by molar-refractivity contribution is 4.58. The fraction of sp³-hybridized carbons (Fsp3) is 1.00. The molecule has 4 heteroatoms. The number of hydrogen-bond acceptors (Lipinski definition) is 4. The lowest BCUT2D eigenvalue weighted by Crippen LogP contribution is -2.27. The maximum atomic E-state index is 5.17. The molecule has 0 radical (unpaired) electrons. The van der Waals surface area contributed by atoms with Gasteiger partial charge in [0.1, 0.15) is 0 Å². The normalized spacial score (nSPS) is 20.5. The SMILES string of the molecule is CC1CO1.NCCNCCN. The lowest BCUT2D eigenvalue weighted by molar-refractivity contribution is 0.423. The Labute approximate surface area is 68.3 Å². The van der Waals surface area contributed by atoms with Crippen molar-refractivity contribution < 1.29 is 4.74 Å². The van der Waals surface area contributed by atoms with Crippen LogP contribution in [0, 0.1) is 0 Å². The van der Waals surface area contributed by atoms with E-state index in [4.69, 9.17) is 16.2 Å². The molecule has 0 spiro atoms. The highest BCUT2D eigenvalue weighted by atomic mass is 16.6. The van der Waals surface area contributed by atoms with Gasteiger partial charge in [0, 0.05) is 26.2 Å². The van der Waals surface area contributed by atoms with E-state index in [1.165, 1.54) is 0 Å². The van der Waals surface area contributed by atoms with Gasteiger partial charge in [-0.3, -0.25) is 0 Å². The first-order valence-corrected chi connectivity index (χ1v) is 4.03. The molecular weight excluding hydrogens is 142 g/mol. The molecule has 1 heterocycles. The highest BCUT2D eigenvalue weighted by Gasteiger charge is 2.13. The number of rotatable bonds is 4. The summed E-state index contributed by atoms with van der Waals surface area (Å²) >= 11 is 0. The minimum Gasteiger partial charge on any atom is -0.373 e. The Morgan fingerprint density at radius 1 is 1.36 bits per heavy atom. The third-order valence-corrected chi connectivity index (χ3v) is 1.14. The van der Waals surface area contributed by atoms with E-state index >= 15 is 0 Å². The van der Waals surface area contributed by atoms with E-state index < -0.39 is 0 Å². The van der Waals surface area contributed by atoms with Gasteiger partial charge < -0.3 is 21.5 Å². The van der Waals surface area contributed by atoms with Crippen LogP contribution in [0.25, 0.3) is 0 Å². The molecule has 4 nitrogen and oxygen atoms in total. The molecule has 1 atom stereocenters. The van der Waals surface area contributed by atoms with Crippen LogP contribution in [-0.2, 0) is 4.74 Å². The Kier molecular flexibility index (Phi) is 7.83. The van der Waals surface area contributed by atoms with E-state index in [0.717, 1.165) is 19.7 Å². The number of ether oxygens (including phenoxy) is 1. The van der Waals surface area contributed by atoms with Crippen LogP contribution in [0.2, 0.25) is 0 Å². The van der Waals surface area contributed by atoms with Crippen molar-refractivity contribution in [2.45, 2.75) is 13.0 Å². The molecule has 11 heavy (non-hydrogen) atoms. The zero-order valence-electron chi connectivity index (χ0n) is 7.18. The first kappa shape index (κ1) is 10.8. The van der Waals surface area contributed by atoms with Crippen LogP contribution in [-0.4, -0.2) is 38.9 Å². The quantitative estimate of drug-likeness (QED) is 0.361. The van der Waals surface area contributed by atoms with Gasteiger partial charge in [0.05, 0.1) is 12.7 Å². The van der Waals surface area contributed by atoms with Gasteiger partial charge in [0.15, 0.2) is 0 Å². The van der Waals surface area contributed by atoms with Gasteiger partial charge in [0.25, 0.3) is 0 Å². The van der Waals surface area contributed by atoms with Gasteiger partial charge >= 0.3 is 0 Å². The summed E-state index contributed by atoms with van der Waals surface area (Å²) in [6.45, 7) is 6.17. The van der Waals surface area contributed by atoms with Gasteiger partial charge in [-0.2, -0.15) is 0 Å². The summed E-state index contributed by atoms with van der Waals surface area (Å²) in [5, 5.41) is 3.03. The minimum absolute atomic E-state index is 0.583. The number of nitrogens with one attached hydrogen (secondary N) is 1. The van der Waals surface area contributed by atoms with Crippen LogP contribution in [0.4, 0.5) is 0 Å². The molecule has 0 aromatic rings. The van der Waals surface area contributed by atoms with Crippen molar-refractivity contribution in [1.82, 2.24) is 5.32 Å². The van der Waals surface area contributed by atoms with Crippen molar-refractivity contribution in [3.05, 3.63) is 0 Å². The second-order valence-electron chi connectivity index (χ2n) is 2.47. The third kappa shape index (κ3) is 12.9. The molecule has 1 fully saturated rings. The summed E-state index contributed by atoms with van der Waals surface area (Å²) in [5.41, 5.74) is 10.3. The molecule has 1 unspecified atom stereocenters. The molecule has 68 valence electrons. The topological polar surface area (TPSA) is 76.6 Å². The standard InChI is InChI=1S/C4H13N3.C3H6O/c5-1-3-7-4-2-6;1-3-2-4-3/h7H,1-6H2;3H,2H2,1H3. The molecule has 0 bridgehead atoms. The van der Waals surface area contributed by atoms with Gasteiger partial charge in [-0.25, -0.2) is 0 Å². The predicted octanol–water partition coefficient (Wildman–Crippen LogP) is -1.10. The van der Waals surface area contributed by atoms with Crippen LogP contribution < -0.4 is 16.8 Å². The van der Waals surface area contributed by atoms with Crippen molar-refractivity contribution in [1.29, 1.82) is 0 Å². The predicted molar refractivity (Wildman–Crippen MR) is 46.4 cm³/mol. The second kappa shape index (κ2) is 7.94. The molecule has 1 rings (SSSR count). The zero-order valence-corrected chi connectivity index (χ0v) is 7.18. The van der Waals surface area contributed by atoms with Gasteiger partial charge in [-0.15, -0.1) is 0 Å². The Morgan fingerprint density at radius 3 is 1.91 bits per heavy atom. The Bertz CT molecular complexity index is 72.1. The molecule has 1 saturated heterocycles. The number of hydrogen-bond donors (Lipinski definition) is 3. The first-order chi connectivity index (χ1) is 5.31. The van der Waals surface area contributed by atoms with E-state index in [1.807, 2.05) is 0 Å². The molecule has 0 aromatic carbocycles. The maximum Gasteiger partial charge on any atom is 0.0781 e. The Hall–Kier alpha value is -0.160. The molecule has 5 N–H and O–H groups in total. The van der Waals surface area contributed by atoms with Crippen LogP contribution >= 0.6 is 0 Å². The summed E-state index contributed by atoms with van der Waals surface area (Å²) in [5.74, 6) is 0. The largest absolute Gasteiger partial charge is 0.373 e. The average Bonchev–Trinajstić information content (AvgIpc) is 2.75. The minimum atomic E-state index is 0.583. The summed E-state index contributed by atoms with van der Waals surface area (Å²) in [7, 11) is 0. The summed E-state index contributed by atoms with van der Waals surface area (Å²) < 4.78 is 4.71. The van der Waals surface area contributed by atoms with Crippen molar-refractivity contribution in [2.75, 3.05) is 32.8 Å². The van der Waals surface area contributed by atoms with Gasteiger partial charge in [-0.05, 0) is 6.92 Å². The maximum absolute atomic E-state index is 5.17. The fourth-order valence-electron chi connectivity index (χ4n) is 0.425. The third-order valence-electron chi connectivity index (χ3n) is 1.14. The van der Waals surface area contributed by atoms with E-state index in [1.54, 1.807) is 0 Å². The van der Waals surface area contributed by atoms with E-state index in [9.17, 15) is 0 Å². The van der Waals surface area contributed by atoms with E-state index in [2.05, 4.69) is 12.2 Å². The lowest BCUT2D eigenvalue weighted by atomic mass is 10.6. The highest BCUT2D eigenvalue weighted by Crippen LogP contribution is 2.04. The van der Waals surface area contributed by atoms with E-state index in [0.29, 0.717) is 19.2 Å². The first-order valence-electron chi connectivity index (χ1n) is 4.03. The van der Waals surface area contributed by atoms with Crippen molar-refractivity contribution in [3.63, 3.8) is 0 Å². The molecule has 0 aromatic heterocycles. The lowest BCUT2D eigenvalue weighted by Gasteiger charge is -1.95. The summed E-state index contributed by atoms with van der Waals surface area (Å²) in [6, 6.07) is 0. The van der Waals surface area contributed by atoms with Crippen LogP contribution in [0.1, 0.15) is 6.92 Å². The average molecular weight is 161 g/mol. The molecular formula is C7H19N3O. The van der Waals surface area contributed by atoms with Crippen molar-refractivity contribution in [3.8, 4) is 0 Å². The smallest absolute Gasteiger partial charge is 0.0781 e. The second-order valence-corrected chi connectivity index (χ2v) is 2.47. The molecule has 0 saturated carbocycles. The van der Waals surface area contributed by atoms with Gasteiger partial charge in [-0.1, -0.05) is 0 Å². The summed E-state index contributed by atoms with van der Waals surface area (Å²) in [4.78, 5) is 0. The number of epoxide rings is 1. The zero-order chi connectivity index (χ0) is 8.53. The van der Waals surface area contributed by atoms with E-state index in [-0.39, 0.29) is 0 Å². The van der Waals surface area contributed by atoms with Crippen LogP contribution in [0.5, 0.6) is 0 Å². The Balaban J connectivity index is 0.000000207. The van der Waals surface area contributed by atoms with Crippen LogP contribution in [0.15, 0.2) is 0 Å². The van der Waals surface area contributed by atoms with Crippen molar-refractivity contribution in [2.24, 2.45) is 11.5 Å². The molecule has 1 aliphatic rings. The number of nitrogens with two attached hydrogens (primary N) is 2. The summed E-state index contributed by atoms with van der Waals surface area (Å²) in [6.07, 6.45) is 0.583. The van der Waals surface area contributed by atoms with Crippen LogP contribution in [0.3, 0.4) is 0 Å². The van der Waals surface area contributed by atoms with Crippen molar-refractivity contribution >= 4 is 0 Å².